The summed E-state index contributed by atoms with van der Waals surface area (Å²) in [4.78, 5) is 6.62. The third-order valence-electron chi connectivity index (χ3n) is 4.26. The number of allylic oxidation sites excluding steroid dienone is 2. The van der Waals surface area contributed by atoms with Gasteiger partial charge in [-0.15, -0.1) is 0 Å². The second-order valence-corrected chi connectivity index (χ2v) is 6.59. The average Bonchev–Trinajstić information content (AvgIpc) is 2.90. The molecule has 0 heterocycles. The standard InChI is InChI=1S/C13H15F2NO.C11H14.C2H5N.2C2H6/c1-4-10-5-7-11(8-6-10)9(2)17-13(16-3)12(14)15;1-4-10(3)11-7-5-9(2)6-8-11;1-3-2;2*1-2/h5-8,12H,2,4H2,1,3H3;4-8H,1-3H3;1H2,2H3;2*1-2H3/b;10-4+;;;. The number of ether oxygens (including phenoxy) is 1. The van der Waals surface area contributed by atoms with Crippen LogP contribution in [0.2, 0.25) is 0 Å². The van der Waals surface area contributed by atoms with E-state index in [0.29, 0.717) is 5.56 Å². The Hall–Kier alpha value is -3.08. The van der Waals surface area contributed by atoms with E-state index < -0.39 is 12.3 Å². The van der Waals surface area contributed by atoms with Crippen LogP contribution in [0, 0.1) is 6.92 Å². The fraction of sp³-hybridized carbons (Fsp3) is 0.400. The van der Waals surface area contributed by atoms with E-state index >= 15 is 0 Å². The minimum absolute atomic E-state index is 0.175. The molecule has 3 nitrogen and oxygen atoms in total. The van der Waals surface area contributed by atoms with Crippen molar-refractivity contribution in [2.24, 2.45) is 9.98 Å². The van der Waals surface area contributed by atoms with Gasteiger partial charge in [0.1, 0.15) is 5.76 Å². The third kappa shape index (κ3) is 17.1. The summed E-state index contributed by atoms with van der Waals surface area (Å²) in [5, 5.41) is 0. The van der Waals surface area contributed by atoms with Crippen molar-refractivity contribution in [1.82, 2.24) is 0 Å². The van der Waals surface area contributed by atoms with Crippen LogP contribution < -0.4 is 0 Å². The van der Waals surface area contributed by atoms with Gasteiger partial charge in [-0.1, -0.05) is 101 Å². The molecule has 0 spiro atoms. The van der Waals surface area contributed by atoms with Gasteiger partial charge in [0.05, 0.1) is 0 Å². The Bertz CT molecular complexity index is 853. The Kier molecular flexibility index (Phi) is 25.1. The Morgan fingerprint density at radius 1 is 0.943 bits per heavy atom. The molecule has 0 unspecified atom stereocenters. The maximum Gasteiger partial charge on any atom is 0.312 e. The molecule has 0 aliphatic heterocycles. The fourth-order valence-corrected chi connectivity index (χ4v) is 2.28. The topological polar surface area (TPSA) is 34.0 Å². The van der Waals surface area contributed by atoms with Crippen molar-refractivity contribution < 1.29 is 13.5 Å². The molecule has 2 aromatic rings. The summed E-state index contributed by atoms with van der Waals surface area (Å²) in [7, 11) is 2.90. The Balaban J connectivity index is -0.000000488. The number of rotatable bonds is 5. The zero-order chi connectivity index (χ0) is 27.8. The number of aryl methyl sites for hydroxylation is 2. The molecule has 0 saturated carbocycles. The number of alkyl halides is 2. The maximum absolute atomic E-state index is 12.4. The minimum Gasteiger partial charge on any atom is -0.438 e. The maximum atomic E-state index is 12.4. The molecular weight excluding hydrogens is 442 g/mol. The molecule has 0 bridgehead atoms. The lowest BCUT2D eigenvalue weighted by Crippen LogP contribution is -2.13. The van der Waals surface area contributed by atoms with Crippen molar-refractivity contribution >= 4 is 23.9 Å². The van der Waals surface area contributed by atoms with Crippen LogP contribution in [0.3, 0.4) is 0 Å². The number of hydrogen-bond acceptors (Lipinski definition) is 3. The normalized spacial score (nSPS) is 10.1. The Morgan fingerprint density at radius 3 is 1.71 bits per heavy atom. The van der Waals surface area contributed by atoms with Gasteiger partial charge in [0.25, 0.3) is 5.90 Å². The predicted molar refractivity (Wildman–Crippen MR) is 154 cm³/mol. The lowest BCUT2D eigenvalue weighted by atomic mass is 10.1. The van der Waals surface area contributed by atoms with Gasteiger partial charge in [-0.3, -0.25) is 4.99 Å². The van der Waals surface area contributed by atoms with E-state index in [1.165, 1.54) is 29.3 Å². The van der Waals surface area contributed by atoms with Gasteiger partial charge in [0, 0.05) is 19.7 Å². The van der Waals surface area contributed by atoms with Crippen LogP contribution in [-0.2, 0) is 11.2 Å². The van der Waals surface area contributed by atoms with E-state index in [0.717, 1.165) is 6.42 Å². The third-order valence-corrected chi connectivity index (χ3v) is 4.26. The molecule has 196 valence electrons. The zero-order valence-corrected chi connectivity index (χ0v) is 23.5. The Morgan fingerprint density at radius 2 is 1.37 bits per heavy atom. The lowest BCUT2D eigenvalue weighted by molar-refractivity contribution is 0.196. The average molecular weight is 489 g/mol. The highest BCUT2D eigenvalue weighted by atomic mass is 19.3. The number of hydrogen-bond donors (Lipinski definition) is 0. The first-order chi connectivity index (χ1) is 16.7. The predicted octanol–water partition coefficient (Wildman–Crippen LogP) is 9.32. The van der Waals surface area contributed by atoms with Crippen LogP contribution in [0.4, 0.5) is 8.78 Å². The van der Waals surface area contributed by atoms with Crippen molar-refractivity contribution in [2.75, 3.05) is 14.1 Å². The molecule has 0 amide bonds. The molecular formula is C30H46F2N2O. The monoisotopic (exact) mass is 488 g/mol. The first-order valence-electron chi connectivity index (χ1n) is 12.0. The van der Waals surface area contributed by atoms with Gasteiger partial charge in [-0.05, 0) is 50.6 Å². The first kappa shape index (κ1) is 36.5. The Labute approximate surface area is 213 Å². The second kappa shape index (κ2) is 24.1. The highest BCUT2D eigenvalue weighted by Crippen LogP contribution is 2.17. The molecule has 0 saturated heterocycles. The summed E-state index contributed by atoms with van der Waals surface area (Å²) in [6, 6.07) is 16.0. The molecule has 2 aromatic carbocycles. The van der Waals surface area contributed by atoms with E-state index in [1.807, 2.05) is 46.8 Å². The molecule has 5 heteroatoms. The summed E-state index contributed by atoms with van der Waals surface area (Å²) in [5.41, 5.74) is 5.81. The van der Waals surface area contributed by atoms with Gasteiger partial charge in [0.15, 0.2) is 0 Å². The summed E-state index contributed by atoms with van der Waals surface area (Å²) in [6.07, 6.45) is 0.323. The number of halogens is 2. The summed E-state index contributed by atoms with van der Waals surface area (Å²) >= 11 is 0. The van der Waals surface area contributed by atoms with Crippen molar-refractivity contribution in [3.63, 3.8) is 0 Å². The summed E-state index contributed by atoms with van der Waals surface area (Å²) in [5.74, 6) is -0.442. The zero-order valence-electron chi connectivity index (χ0n) is 23.5. The summed E-state index contributed by atoms with van der Waals surface area (Å²) in [6.45, 7) is 23.1. The number of aliphatic imine (C=N–C) groups is 2. The quantitative estimate of drug-likeness (QED) is 0.234. The van der Waals surface area contributed by atoms with Crippen LogP contribution >= 0.6 is 0 Å². The molecule has 0 radical (unpaired) electrons. The first-order valence-corrected chi connectivity index (χ1v) is 12.0. The van der Waals surface area contributed by atoms with Crippen molar-refractivity contribution in [3.05, 3.63) is 83.4 Å². The molecule has 0 aromatic heterocycles. The molecule has 0 fully saturated rings. The SMILES string of the molecule is C/C=C(\C)c1ccc(C)cc1.C=C(OC(=NC)C(F)F)c1ccc(CC)cc1.C=NC.CC.CC. The van der Waals surface area contributed by atoms with Gasteiger partial charge >= 0.3 is 6.43 Å². The van der Waals surface area contributed by atoms with Crippen LogP contribution in [-0.4, -0.2) is 33.1 Å². The van der Waals surface area contributed by atoms with Gasteiger partial charge in [-0.2, -0.15) is 8.78 Å². The number of nitrogens with zero attached hydrogens (tertiary/aromatic N) is 2. The second-order valence-electron chi connectivity index (χ2n) is 6.59. The van der Waals surface area contributed by atoms with Crippen molar-refractivity contribution in [3.8, 4) is 0 Å². The molecule has 35 heavy (non-hydrogen) atoms. The van der Waals surface area contributed by atoms with Crippen LogP contribution in [0.5, 0.6) is 0 Å². The molecule has 0 N–H and O–H groups in total. The van der Waals surface area contributed by atoms with Gasteiger partial charge in [0.2, 0.25) is 0 Å². The largest absolute Gasteiger partial charge is 0.438 e. The molecule has 2 rings (SSSR count). The summed E-state index contributed by atoms with van der Waals surface area (Å²) < 4.78 is 29.7. The molecule has 0 atom stereocenters. The van der Waals surface area contributed by atoms with E-state index in [1.54, 1.807) is 19.2 Å². The van der Waals surface area contributed by atoms with E-state index in [4.69, 9.17) is 4.74 Å². The van der Waals surface area contributed by atoms with E-state index in [-0.39, 0.29) is 5.76 Å². The highest BCUT2D eigenvalue weighted by Gasteiger charge is 2.15. The molecule has 0 aliphatic rings. The fourth-order valence-electron chi connectivity index (χ4n) is 2.28. The molecule has 0 aliphatic carbocycles. The van der Waals surface area contributed by atoms with Crippen molar-refractivity contribution in [2.45, 2.75) is 68.2 Å². The number of benzene rings is 2. The van der Waals surface area contributed by atoms with Gasteiger partial charge in [-0.25, -0.2) is 0 Å². The van der Waals surface area contributed by atoms with E-state index in [2.05, 4.69) is 74.4 Å². The highest BCUT2D eigenvalue weighted by molar-refractivity contribution is 5.84. The van der Waals surface area contributed by atoms with Crippen LogP contribution in [0.15, 0.2) is 71.2 Å². The van der Waals surface area contributed by atoms with Gasteiger partial charge < -0.3 is 9.73 Å². The minimum atomic E-state index is -2.73. The van der Waals surface area contributed by atoms with Crippen LogP contribution in [0.25, 0.3) is 11.3 Å². The van der Waals surface area contributed by atoms with Crippen LogP contribution in [0.1, 0.15) is 70.7 Å². The van der Waals surface area contributed by atoms with E-state index in [9.17, 15) is 8.78 Å². The van der Waals surface area contributed by atoms with Crippen molar-refractivity contribution in [1.29, 1.82) is 0 Å². The lowest BCUT2D eigenvalue weighted by Gasteiger charge is -2.10. The smallest absolute Gasteiger partial charge is 0.312 e.